The first kappa shape index (κ1) is 21.6. The number of benzene rings is 1. The minimum absolute atomic E-state index is 0.250. The summed E-state index contributed by atoms with van der Waals surface area (Å²) in [6.45, 7) is 11.8. The average Bonchev–Trinajstić information content (AvgIpc) is 3.10. The topological polar surface area (TPSA) is 70.0 Å². The van der Waals surface area contributed by atoms with Crippen molar-refractivity contribution in [1.82, 2.24) is 20.2 Å². The van der Waals surface area contributed by atoms with Crippen LogP contribution in [0.3, 0.4) is 0 Å². The van der Waals surface area contributed by atoms with E-state index in [1.807, 2.05) is 0 Å². The molecule has 0 radical (unpaired) electrons. The summed E-state index contributed by atoms with van der Waals surface area (Å²) in [6, 6.07) is 8.76. The van der Waals surface area contributed by atoms with Crippen LogP contribution < -0.4 is 11.1 Å². The molecule has 0 fully saturated rings. The van der Waals surface area contributed by atoms with Gasteiger partial charge >= 0.3 is 0 Å². The van der Waals surface area contributed by atoms with Crippen molar-refractivity contribution in [2.45, 2.75) is 65.5 Å². The number of hydrogen-bond donors (Lipinski definition) is 3. The highest BCUT2D eigenvalue weighted by atomic mass is 15.1. The Morgan fingerprint density at radius 1 is 1.10 bits per heavy atom. The summed E-state index contributed by atoms with van der Waals surface area (Å²) >= 11 is 0. The van der Waals surface area contributed by atoms with E-state index in [4.69, 9.17) is 5.73 Å². The number of aryl methyl sites for hydroxylation is 1. The zero-order valence-corrected chi connectivity index (χ0v) is 18.7. The van der Waals surface area contributed by atoms with E-state index in [9.17, 15) is 0 Å². The van der Waals surface area contributed by atoms with Crippen LogP contribution >= 0.6 is 0 Å². The van der Waals surface area contributed by atoms with Gasteiger partial charge in [0.2, 0.25) is 0 Å². The molecule has 0 amide bonds. The Labute approximate surface area is 175 Å². The number of rotatable bonds is 9. The molecule has 0 aliphatic rings. The molecule has 0 aliphatic heterocycles. The van der Waals surface area contributed by atoms with Crippen LogP contribution in [-0.4, -0.2) is 40.5 Å². The third-order valence-corrected chi connectivity index (χ3v) is 5.89. The number of unbranched alkanes of at least 4 members (excludes halogenated alkanes) is 2. The summed E-state index contributed by atoms with van der Waals surface area (Å²) in [6.07, 6.45) is 4.78. The molecule has 1 aromatic carbocycles. The van der Waals surface area contributed by atoms with Gasteiger partial charge in [-0.25, -0.2) is 4.98 Å². The lowest BCUT2D eigenvalue weighted by atomic mass is 10.0. The number of H-pyrrole nitrogens is 1. The molecule has 0 unspecified atom stereocenters. The fourth-order valence-corrected chi connectivity index (χ4v) is 3.70. The normalized spacial score (nSPS) is 12.5. The summed E-state index contributed by atoms with van der Waals surface area (Å²) < 4.78 is 0. The van der Waals surface area contributed by atoms with Crippen molar-refractivity contribution in [3.8, 4) is 0 Å². The Balaban J connectivity index is 1.66. The van der Waals surface area contributed by atoms with E-state index in [1.54, 1.807) is 0 Å². The summed E-state index contributed by atoms with van der Waals surface area (Å²) in [5, 5.41) is 5.52. The Hall–Kier alpha value is -2.11. The Kier molecular flexibility index (Phi) is 6.81. The largest absolute Gasteiger partial charge is 0.383 e. The first-order valence-electron chi connectivity index (χ1n) is 10.9. The summed E-state index contributed by atoms with van der Waals surface area (Å²) in [5.41, 5.74) is 11.1. The van der Waals surface area contributed by atoms with Gasteiger partial charge in [0.25, 0.3) is 0 Å². The number of fused-ring (bicyclic) bond motifs is 3. The maximum Gasteiger partial charge on any atom is 0.133 e. The maximum absolute atomic E-state index is 6.26. The molecule has 0 aliphatic carbocycles. The molecule has 5 heteroatoms. The smallest absolute Gasteiger partial charge is 0.133 e. The number of aromatic amines is 1. The third-order valence-electron chi connectivity index (χ3n) is 5.89. The first-order valence-corrected chi connectivity index (χ1v) is 10.9. The highest BCUT2D eigenvalue weighted by molar-refractivity contribution is 6.08. The maximum atomic E-state index is 6.26. The van der Waals surface area contributed by atoms with Gasteiger partial charge in [0.05, 0.1) is 11.0 Å². The van der Waals surface area contributed by atoms with Gasteiger partial charge in [-0.1, -0.05) is 25.5 Å². The number of nitrogens with one attached hydrogen (secondary N) is 2. The molecule has 5 nitrogen and oxygen atoms in total. The van der Waals surface area contributed by atoms with Crippen molar-refractivity contribution in [3.05, 3.63) is 35.5 Å². The predicted octanol–water partition coefficient (Wildman–Crippen LogP) is 4.85. The highest BCUT2D eigenvalue weighted by Crippen LogP contribution is 2.29. The zero-order chi connectivity index (χ0) is 21.0. The molecule has 4 N–H and O–H groups in total. The van der Waals surface area contributed by atoms with E-state index in [1.165, 1.54) is 24.8 Å². The van der Waals surface area contributed by atoms with E-state index in [0.29, 0.717) is 5.82 Å². The fraction of sp³-hybridized carbons (Fsp3) is 0.542. The van der Waals surface area contributed by atoms with Crippen molar-refractivity contribution in [2.75, 3.05) is 25.9 Å². The van der Waals surface area contributed by atoms with E-state index in [-0.39, 0.29) is 5.54 Å². The van der Waals surface area contributed by atoms with Crippen LogP contribution in [0.5, 0.6) is 0 Å². The van der Waals surface area contributed by atoms with Gasteiger partial charge in [0, 0.05) is 28.6 Å². The number of nitrogens with two attached hydrogens (primary N) is 1. The lowest BCUT2D eigenvalue weighted by Crippen LogP contribution is -2.38. The molecule has 2 heterocycles. The standard InChI is InChI=1S/C24H37N5/c1-6-26-16-18-15-20-22(27-18)19-12-11-17(14-21(19)28-23(20)25)10-8-7-9-13-29(5)24(2,3)4/h11-12,14-15,26-27H,6-10,13,16H2,1-5H3,(H2,25,28). The quantitative estimate of drug-likeness (QED) is 0.453. The molecule has 0 saturated heterocycles. The van der Waals surface area contributed by atoms with Crippen LogP contribution in [-0.2, 0) is 13.0 Å². The fourth-order valence-electron chi connectivity index (χ4n) is 3.70. The molecule has 0 saturated carbocycles. The molecule has 0 bridgehead atoms. The number of aromatic nitrogens is 2. The molecule has 0 spiro atoms. The van der Waals surface area contributed by atoms with Crippen molar-refractivity contribution in [1.29, 1.82) is 0 Å². The summed E-state index contributed by atoms with van der Waals surface area (Å²) in [4.78, 5) is 10.6. The van der Waals surface area contributed by atoms with Gasteiger partial charge in [-0.3, -0.25) is 0 Å². The number of hydrogen-bond acceptors (Lipinski definition) is 4. The number of anilines is 1. The minimum Gasteiger partial charge on any atom is -0.383 e. The molecular formula is C24H37N5. The molecule has 0 atom stereocenters. The number of nitrogen functional groups attached to an aromatic ring is 1. The van der Waals surface area contributed by atoms with Crippen LogP contribution in [0.15, 0.2) is 24.3 Å². The predicted molar refractivity (Wildman–Crippen MR) is 125 cm³/mol. The monoisotopic (exact) mass is 395 g/mol. The molecule has 2 aromatic heterocycles. The average molecular weight is 396 g/mol. The van der Waals surface area contributed by atoms with Crippen LogP contribution in [0, 0.1) is 0 Å². The van der Waals surface area contributed by atoms with Gasteiger partial charge in [-0.2, -0.15) is 0 Å². The van der Waals surface area contributed by atoms with Crippen LogP contribution in [0.25, 0.3) is 21.8 Å². The van der Waals surface area contributed by atoms with Gasteiger partial charge < -0.3 is 20.9 Å². The van der Waals surface area contributed by atoms with E-state index in [2.05, 4.69) is 79.2 Å². The Morgan fingerprint density at radius 3 is 2.62 bits per heavy atom. The summed E-state index contributed by atoms with van der Waals surface area (Å²) in [7, 11) is 2.21. The second-order valence-corrected chi connectivity index (χ2v) is 9.12. The second-order valence-electron chi connectivity index (χ2n) is 9.12. The molecular weight excluding hydrogens is 358 g/mol. The first-order chi connectivity index (χ1) is 13.8. The van der Waals surface area contributed by atoms with Crippen molar-refractivity contribution in [2.24, 2.45) is 0 Å². The van der Waals surface area contributed by atoms with Crippen molar-refractivity contribution in [3.63, 3.8) is 0 Å². The minimum atomic E-state index is 0.250. The number of pyridine rings is 1. The number of nitrogens with zero attached hydrogens (tertiary/aromatic N) is 2. The lowest BCUT2D eigenvalue weighted by molar-refractivity contribution is 0.172. The molecule has 29 heavy (non-hydrogen) atoms. The van der Waals surface area contributed by atoms with E-state index in [0.717, 1.165) is 53.6 Å². The van der Waals surface area contributed by atoms with E-state index >= 15 is 0 Å². The molecule has 158 valence electrons. The van der Waals surface area contributed by atoms with Crippen LogP contribution in [0.4, 0.5) is 5.82 Å². The third kappa shape index (κ3) is 5.28. The Morgan fingerprint density at radius 2 is 1.90 bits per heavy atom. The molecule has 3 rings (SSSR count). The SMILES string of the molecule is CCNCc1cc2c(N)nc3cc(CCCCCN(C)C(C)(C)C)ccc3c2[nH]1. The zero-order valence-electron chi connectivity index (χ0n) is 18.7. The van der Waals surface area contributed by atoms with Gasteiger partial charge in [0.1, 0.15) is 5.82 Å². The molecule has 3 aromatic rings. The van der Waals surface area contributed by atoms with Crippen molar-refractivity contribution >= 4 is 27.6 Å². The Bertz CT molecular complexity index is 951. The lowest BCUT2D eigenvalue weighted by Gasteiger charge is -2.31. The second kappa shape index (κ2) is 9.14. The van der Waals surface area contributed by atoms with Crippen LogP contribution in [0.1, 0.15) is 58.2 Å². The highest BCUT2D eigenvalue weighted by Gasteiger charge is 2.15. The summed E-state index contributed by atoms with van der Waals surface area (Å²) in [5.74, 6) is 0.605. The van der Waals surface area contributed by atoms with Gasteiger partial charge in [-0.15, -0.1) is 0 Å². The van der Waals surface area contributed by atoms with E-state index < -0.39 is 0 Å². The van der Waals surface area contributed by atoms with Crippen molar-refractivity contribution < 1.29 is 0 Å². The van der Waals surface area contributed by atoms with Crippen LogP contribution in [0.2, 0.25) is 0 Å². The van der Waals surface area contributed by atoms with Gasteiger partial charge in [-0.05, 0) is 77.9 Å². The van der Waals surface area contributed by atoms with Gasteiger partial charge in [0.15, 0.2) is 0 Å².